The predicted molar refractivity (Wildman–Crippen MR) is 85.8 cm³/mol. The molecule has 1 aromatic heterocycles. The van der Waals surface area contributed by atoms with E-state index in [1.165, 1.54) is 34.9 Å². The molecule has 3 aromatic rings. The molecule has 0 aliphatic carbocycles. The topological polar surface area (TPSA) is 119 Å². The molecule has 25 heavy (non-hydrogen) atoms. The Morgan fingerprint density at radius 2 is 1.84 bits per heavy atom. The Balaban J connectivity index is 2.15. The molecular weight excluding hydrogens is 349 g/mol. The van der Waals surface area contributed by atoms with Crippen molar-refractivity contribution in [3.63, 3.8) is 0 Å². The number of oxazole rings is 1. The molecule has 126 valence electrons. The quantitative estimate of drug-likeness (QED) is 0.764. The average molecular weight is 359 g/mol. The van der Waals surface area contributed by atoms with E-state index in [9.17, 15) is 17.6 Å². The summed E-state index contributed by atoms with van der Waals surface area (Å²) in [7, 11) is -4.19. The normalized spacial score (nSPS) is 11.2. The first-order valence-corrected chi connectivity index (χ1v) is 8.39. The van der Waals surface area contributed by atoms with Crippen LogP contribution in [0.3, 0.4) is 0 Å². The van der Waals surface area contributed by atoms with Crippen LogP contribution < -0.4 is 10.9 Å². The second-order valence-electron chi connectivity index (χ2n) is 5.07. The van der Waals surface area contributed by atoms with Crippen molar-refractivity contribution >= 4 is 10.0 Å². The number of nitrogens with two attached hydrogens (primary N) is 1. The van der Waals surface area contributed by atoms with E-state index in [-0.39, 0.29) is 11.3 Å². The lowest BCUT2D eigenvalue weighted by atomic mass is 10.1. The number of sulfonamides is 1. The van der Waals surface area contributed by atoms with Gasteiger partial charge in [-0.2, -0.15) is 5.26 Å². The van der Waals surface area contributed by atoms with Crippen molar-refractivity contribution in [2.75, 3.05) is 0 Å². The first-order chi connectivity index (χ1) is 11.8. The second kappa shape index (κ2) is 6.01. The number of halogens is 1. The summed E-state index contributed by atoms with van der Waals surface area (Å²) in [5.41, 5.74) is 1.25. The fourth-order valence-corrected chi connectivity index (χ4v) is 2.92. The van der Waals surface area contributed by atoms with E-state index in [0.29, 0.717) is 11.3 Å². The number of hydrogen-bond donors (Lipinski definition) is 1. The molecule has 0 aliphatic heterocycles. The van der Waals surface area contributed by atoms with E-state index < -0.39 is 26.5 Å². The minimum atomic E-state index is -4.19. The van der Waals surface area contributed by atoms with E-state index in [2.05, 4.69) is 0 Å². The minimum Gasteiger partial charge on any atom is -0.415 e. The van der Waals surface area contributed by atoms with Crippen LogP contribution in [0, 0.1) is 17.1 Å². The SMILES string of the molecule is N#Cc1ccc(-n2c(-c3ccc(S(N)(=O)=O)c(F)c3)coc2=O)cc1. The summed E-state index contributed by atoms with van der Waals surface area (Å²) in [6, 6.07) is 11.3. The van der Waals surface area contributed by atoms with Gasteiger partial charge >= 0.3 is 5.76 Å². The van der Waals surface area contributed by atoms with Gasteiger partial charge in [-0.3, -0.25) is 0 Å². The van der Waals surface area contributed by atoms with Crippen molar-refractivity contribution in [2.24, 2.45) is 5.14 Å². The molecule has 9 heteroatoms. The third kappa shape index (κ3) is 3.08. The van der Waals surface area contributed by atoms with E-state index in [0.717, 1.165) is 18.4 Å². The summed E-state index contributed by atoms with van der Waals surface area (Å²) in [6.45, 7) is 0. The lowest BCUT2D eigenvalue weighted by Gasteiger charge is -2.08. The van der Waals surface area contributed by atoms with E-state index in [1.807, 2.05) is 6.07 Å². The van der Waals surface area contributed by atoms with Crippen LogP contribution in [0.15, 0.2) is 62.8 Å². The van der Waals surface area contributed by atoms with Gasteiger partial charge in [0, 0.05) is 5.56 Å². The van der Waals surface area contributed by atoms with Gasteiger partial charge in [-0.25, -0.2) is 27.3 Å². The Kier molecular flexibility index (Phi) is 4.00. The highest BCUT2D eigenvalue weighted by molar-refractivity contribution is 7.89. The number of benzene rings is 2. The maximum absolute atomic E-state index is 14.1. The van der Waals surface area contributed by atoms with Crippen molar-refractivity contribution in [1.82, 2.24) is 4.57 Å². The zero-order valence-electron chi connectivity index (χ0n) is 12.5. The smallest absolute Gasteiger partial charge is 0.415 e. The Morgan fingerprint density at radius 3 is 2.40 bits per heavy atom. The van der Waals surface area contributed by atoms with Gasteiger partial charge < -0.3 is 4.42 Å². The van der Waals surface area contributed by atoms with E-state index >= 15 is 0 Å². The second-order valence-corrected chi connectivity index (χ2v) is 6.60. The van der Waals surface area contributed by atoms with Gasteiger partial charge in [0.15, 0.2) is 0 Å². The summed E-state index contributed by atoms with van der Waals surface area (Å²) in [5.74, 6) is -1.75. The molecule has 0 bridgehead atoms. The van der Waals surface area contributed by atoms with Gasteiger partial charge in [-0.05, 0) is 36.4 Å². The molecule has 0 saturated carbocycles. The third-order valence-corrected chi connectivity index (χ3v) is 4.43. The first-order valence-electron chi connectivity index (χ1n) is 6.85. The van der Waals surface area contributed by atoms with Crippen molar-refractivity contribution in [2.45, 2.75) is 4.90 Å². The Bertz CT molecular complexity index is 1160. The van der Waals surface area contributed by atoms with Crippen LogP contribution >= 0.6 is 0 Å². The molecule has 0 spiro atoms. The average Bonchev–Trinajstić information content (AvgIpc) is 2.95. The van der Waals surface area contributed by atoms with E-state index in [4.69, 9.17) is 14.8 Å². The monoisotopic (exact) mass is 359 g/mol. The van der Waals surface area contributed by atoms with Crippen molar-refractivity contribution < 1.29 is 17.2 Å². The van der Waals surface area contributed by atoms with Crippen LogP contribution in [0.5, 0.6) is 0 Å². The van der Waals surface area contributed by atoms with Crippen LogP contribution in [0.2, 0.25) is 0 Å². The molecule has 0 saturated heterocycles. The van der Waals surface area contributed by atoms with Crippen molar-refractivity contribution in [1.29, 1.82) is 5.26 Å². The maximum Gasteiger partial charge on any atom is 0.424 e. The summed E-state index contributed by atoms with van der Waals surface area (Å²) in [6.07, 6.45) is 1.13. The predicted octanol–water partition coefficient (Wildman–Crippen LogP) is 1.76. The fraction of sp³-hybridized carbons (Fsp3) is 0. The zero-order valence-corrected chi connectivity index (χ0v) is 13.3. The third-order valence-electron chi connectivity index (χ3n) is 3.48. The van der Waals surface area contributed by atoms with Gasteiger partial charge in [0.05, 0.1) is 23.0 Å². The van der Waals surface area contributed by atoms with Gasteiger partial charge in [-0.15, -0.1) is 0 Å². The summed E-state index contributed by atoms with van der Waals surface area (Å²) >= 11 is 0. The molecule has 1 heterocycles. The van der Waals surface area contributed by atoms with Gasteiger partial charge in [0.25, 0.3) is 0 Å². The molecule has 0 fully saturated rings. The van der Waals surface area contributed by atoms with Crippen molar-refractivity contribution in [3.8, 4) is 23.0 Å². The number of primary sulfonamides is 1. The summed E-state index contributed by atoms with van der Waals surface area (Å²) in [4.78, 5) is 11.4. The molecule has 7 nitrogen and oxygen atoms in total. The van der Waals surface area contributed by atoms with Crippen LogP contribution in [0.4, 0.5) is 4.39 Å². The number of aromatic nitrogens is 1. The molecule has 0 radical (unpaired) electrons. The molecule has 0 amide bonds. The molecule has 0 unspecified atom stereocenters. The zero-order chi connectivity index (χ0) is 18.2. The molecule has 3 rings (SSSR count). The number of rotatable bonds is 3. The standard InChI is InChI=1S/C16H10FN3O4S/c17-13-7-11(3-6-15(13)25(19,22)23)14-9-24-16(21)20(14)12-4-1-10(8-18)2-5-12/h1-7,9H,(H2,19,22,23). The molecule has 2 aromatic carbocycles. The fourth-order valence-electron chi connectivity index (χ4n) is 2.33. The van der Waals surface area contributed by atoms with Crippen LogP contribution in [0.25, 0.3) is 16.9 Å². The highest BCUT2D eigenvalue weighted by Crippen LogP contribution is 2.25. The van der Waals surface area contributed by atoms with Gasteiger partial charge in [0.1, 0.15) is 17.0 Å². The maximum atomic E-state index is 14.1. The number of nitriles is 1. The molecule has 2 N–H and O–H groups in total. The largest absolute Gasteiger partial charge is 0.424 e. The molecule has 0 atom stereocenters. The highest BCUT2D eigenvalue weighted by Gasteiger charge is 2.18. The lowest BCUT2D eigenvalue weighted by molar-refractivity contribution is 0.504. The first kappa shape index (κ1) is 16.6. The van der Waals surface area contributed by atoms with E-state index in [1.54, 1.807) is 0 Å². The van der Waals surface area contributed by atoms with Gasteiger partial charge in [0.2, 0.25) is 10.0 Å². The Hall–Kier alpha value is -3.22. The van der Waals surface area contributed by atoms with Crippen LogP contribution in [0.1, 0.15) is 5.56 Å². The molecule has 0 aliphatic rings. The molecular formula is C16H10FN3O4S. The van der Waals surface area contributed by atoms with Crippen LogP contribution in [-0.2, 0) is 10.0 Å². The lowest BCUT2D eigenvalue weighted by Crippen LogP contribution is -2.15. The summed E-state index contributed by atoms with van der Waals surface area (Å²) in [5, 5.41) is 13.8. The number of nitrogens with zero attached hydrogens (tertiary/aromatic N) is 2. The van der Waals surface area contributed by atoms with Crippen molar-refractivity contribution in [3.05, 3.63) is 70.7 Å². The van der Waals surface area contributed by atoms with Gasteiger partial charge in [-0.1, -0.05) is 6.07 Å². The summed E-state index contributed by atoms with van der Waals surface area (Å²) < 4.78 is 42.7. The number of hydrogen-bond acceptors (Lipinski definition) is 5. The Labute approximate surface area is 141 Å². The minimum absolute atomic E-state index is 0.217. The van der Waals surface area contributed by atoms with Crippen LogP contribution in [-0.4, -0.2) is 13.0 Å². The highest BCUT2D eigenvalue weighted by atomic mass is 32.2. The Morgan fingerprint density at radius 1 is 1.16 bits per heavy atom.